The number of halogens is 2. The van der Waals surface area contributed by atoms with Crippen molar-refractivity contribution >= 4 is 11.6 Å². The van der Waals surface area contributed by atoms with E-state index in [1.54, 1.807) is 12.1 Å². The van der Waals surface area contributed by atoms with Gasteiger partial charge in [0, 0.05) is 19.1 Å². The lowest BCUT2D eigenvalue weighted by atomic mass is 9.92. The Hall–Kier alpha value is -0.640. The van der Waals surface area contributed by atoms with Crippen LogP contribution in [0.25, 0.3) is 0 Å². The maximum atomic E-state index is 13.1. The van der Waals surface area contributed by atoms with Crippen molar-refractivity contribution in [3.8, 4) is 0 Å². The molecule has 0 fully saturated rings. The molecule has 0 aliphatic rings. The Balaban J connectivity index is 2.59. The summed E-state index contributed by atoms with van der Waals surface area (Å²) in [6, 6.07) is 5.03. The van der Waals surface area contributed by atoms with Gasteiger partial charge in [-0.25, -0.2) is 4.39 Å². The van der Waals surface area contributed by atoms with Crippen LogP contribution >= 0.6 is 11.6 Å². The van der Waals surface area contributed by atoms with Gasteiger partial charge in [0.2, 0.25) is 0 Å². The first-order chi connectivity index (χ1) is 8.71. The molecule has 0 amide bonds. The highest BCUT2D eigenvalue weighted by atomic mass is 35.5. The van der Waals surface area contributed by atoms with Gasteiger partial charge < -0.3 is 10.2 Å². The highest BCUT2D eigenvalue weighted by Gasteiger charge is 2.20. The van der Waals surface area contributed by atoms with E-state index in [9.17, 15) is 4.39 Å². The van der Waals surface area contributed by atoms with Gasteiger partial charge in [-0.1, -0.05) is 31.5 Å². The van der Waals surface area contributed by atoms with Crippen molar-refractivity contribution in [3.63, 3.8) is 0 Å². The van der Waals surface area contributed by atoms with Gasteiger partial charge in [-0.05, 0) is 44.1 Å². The molecule has 1 aromatic carbocycles. The zero-order valence-corrected chi connectivity index (χ0v) is 13.2. The Morgan fingerprint density at radius 1 is 1.37 bits per heavy atom. The Morgan fingerprint density at radius 3 is 2.53 bits per heavy atom. The number of nitrogens with zero attached hydrogens (tertiary/aromatic N) is 1. The summed E-state index contributed by atoms with van der Waals surface area (Å²) in [4.78, 5) is 2.18. The molecule has 0 bridgehead atoms. The van der Waals surface area contributed by atoms with Crippen LogP contribution in [-0.4, -0.2) is 32.1 Å². The minimum Gasteiger partial charge on any atom is -0.310 e. The van der Waals surface area contributed by atoms with Crippen LogP contribution in [0, 0.1) is 11.2 Å². The molecule has 19 heavy (non-hydrogen) atoms. The van der Waals surface area contributed by atoms with Gasteiger partial charge in [0.1, 0.15) is 5.82 Å². The molecule has 2 nitrogen and oxygen atoms in total. The number of rotatable bonds is 6. The lowest BCUT2D eigenvalue weighted by Gasteiger charge is -2.30. The first-order valence-electron chi connectivity index (χ1n) is 6.54. The average Bonchev–Trinajstić information content (AvgIpc) is 2.28. The van der Waals surface area contributed by atoms with Gasteiger partial charge in [-0.3, -0.25) is 0 Å². The van der Waals surface area contributed by atoms with Crippen LogP contribution < -0.4 is 5.32 Å². The quantitative estimate of drug-likeness (QED) is 0.857. The predicted molar refractivity (Wildman–Crippen MR) is 80.2 cm³/mol. The molecule has 1 aromatic rings. The van der Waals surface area contributed by atoms with E-state index in [4.69, 9.17) is 11.6 Å². The largest absolute Gasteiger partial charge is 0.310 e. The Kier molecular flexibility index (Phi) is 5.78. The van der Waals surface area contributed by atoms with Crippen molar-refractivity contribution in [1.82, 2.24) is 10.2 Å². The summed E-state index contributed by atoms with van der Waals surface area (Å²) in [5.74, 6) is -0.370. The topological polar surface area (TPSA) is 15.3 Å². The SMILES string of the molecule is CC(NCC(C)(C)CN(C)C)c1ccc(F)c(Cl)c1. The first-order valence-corrected chi connectivity index (χ1v) is 6.92. The van der Waals surface area contributed by atoms with Gasteiger partial charge in [0.15, 0.2) is 0 Å². The maximum Gasteiger partial charge on any atom is 0.141 e. The van der Waals surface area contributed by atoms with E-state index in [-0.39, 0.29) is 22.3 Å². The molecule has 108 valence electrons. The molecule has 4 heteroatoms. The number of benzene rings is 1. The van der Waals surface area contributed by atoms with Crippen molar-refractivity contribution in [1.29, 1.82) is 0 Å². The summed E-state index contributed by atoms with van der Waals surface area (Å²) >= 11 is 5.81. The molecule has 1 rings (SSSR count). The normalized spacial score (nSPS) is 13.9. The Morgan fingerprint density at radius 2 is 2.00 bits per heavy atom. The highest BCUT2D eigenvalue weighted by molar-refractivity contribution is 6.30. The number of hydrogen-bond acceptors (Lipinski definition) is 2. The molecular weight excluding hydrogens is 263 g/mol. The van der Waals surface area contributed by atoms with E-state index in [0.29, 0.717) is 0 Å². The van der Waals surface area contributed by atoms with E-state index in [1.165, 1.54) is 6.07 Å². The van der Waals surface area contributed by atoms with Crippen LogP contribution in [0.4, 0.5) is 4.39 Å². The van der Waals surface area contributed by atoms with Crippen molar-refractivity contribution in [3.05, 3.63) is 34.6 Å². The fourth-order valence-corrected chi connectivity index (χ4v) is 2.43. The standard InChI is InChI=1S/C15H24ClFN2/c1-11(12-6-7-14(17)13(16)8-12)18-9-15(2,3)10-19(4)5/h6-8,11,18H,9-10H2,1-5H3. The minimum atomic E-state index is -0.370. The van der Waals surface area contributed by atoms with E-state index < -0.39 is 0 Å². The molecule has 0 saturated carbocycles. The molecule has 1 N–H and O–H groups in total. The Bertz CT molecular complexity index is 419. The zero-order valence-electron chi connectivity index (χ0n) is 12.4. The summed E-state index contributed by atoms with van der Waals surface area (Å²) in [7, 11) is 4.15. The molecule has 0 aliphatic carbocycles. The summed E-state index contributed by atoms with van der Waals surface area (Å²) in [6.45, 7) is 8.42. The molecule has 1 unspecified atom stereocenters. The van der Waals surface area contributed by atoms with Crippen molar-refractivity contribution < 1.29 is 4.39 Å². The molecule has 0 spiro atoms. The second kappa shape index (κ2) is 6.69. The van der Waals surface area contributed by atoms with Gasteiger partial charge in [0.25, 0.3) is 0 Å². The smallest absolute Gasteiger partial charge is 0.141 e. The average molecular weight is 287 g/mol. The first kappa shape index (κ1) is 16.4. The molecule has 0 heterocycles. The fourth-order valence-electron chi connectivity index (χ4n) is 2.24. The monoisotopic (exact) mass is 286 g/mol. The highest BCUT2D eigenvalue weighted by Crippen LogP contribution is 2.22. The van der Waals surface area contributed by atoms with E-state index >= 15 is 0 Å². The van der Waals surface area contributed by atoms with Gasteiger partial charge in [-0.2, -0.15) is 0 Å². The summed E-state index contributed by atoms with van der Waals surface area (Å²) in [5.41, 5.74) is 1.19. The summed E-state index contributed by atoms with van der Waals surface area (Å²) < 4.78 is 13.1. The van der Waals surface area contributed by atoms with Crippen molar-refractivity contribution in [2.75, 3.05) is 27.2 Å². The molecule has 0 aliphatic heterocycles. The van der Waals surface area contributed by atoms with E-state index in [2.05, 4.69) is 45.1 Å². The van der Waals surface area contributed by atoms with Crippen molar-refractivity contribution in [2.24, 2.45) is 5.41 Å². The summed E-state index contributed by atoms with van der Waals surface area (Å²) in [6.07, 6.45) is 0. The molecule has 1 atom stereocenters. The molecule has 0 aromatic heterocycles. The zero-order chi connectivity index (χ0) is 14.6. The van der Waals surface area contributed by atoms with Crippen LogP contribution in [0.1, 0.15) is 32.4 Å². The van der Waals surface area contributed by atoms with E-state index in [0.717, 1.165) is 18.7 Å². The van der Waals surface area contributed by atoms with Gasteiger partial charge >= 0.3 is 0 Å². The third-order valence-electron chi connectivity index (χ3n) is 3.07. The third kappa shape index (κ3) is 5.47. The van der Waals surface area contributed by atoms with Gasteiger partial charge in [0.05, 0.1) is 5.02 Å². The lowest BCUT2D eigenvalue weighted by molar-refractivity contribution is 0.227. The second-order valence-corrected chi connectivity index (χ2v) is 6.59. The van der Waals surface area contributed by atoms with Crippen LogP contribution in [0.2, 0.25) is 5.02 Å². The van der Waals surface area contributed by atoms with Gasteiger partial charge in [-0.15, -0.1) is 0 Å². The summed E-state index contributed by atoms with van der Waals surface area (Å²) in [5, 5.41) is 3.66. The predicted octanol–water partition coefficient (Wildman–Crippen LogP) is 3.72. The molecule has 0 saturated heterocycles. The van der Waals surface area contributed by atoms with Crippen LogP contribution in [-0.2, 0) is 0 Å². The lowest BCUT2D eigenvalue weighted by Crippen LogP contribution is -2.38. The van der Waals surface area contributed by atoms with E-state index in [1.807, 2.05) is 0 Å². The maximum absolute atomic E-state index is 13.1. The Labute approximate surface area is 120 Å². The van der Waals surface area contributed by atoms with Crippen LogP contribution in [0.15, 0.2) is 18.2 Å². The number of nitrogens with one attached hydrogen (secondary N) is 1. The second-order valence-electron chi connectivity index (χ2n) is 6.18. The fraction of sp³-hybridized carbons (Fsp3) is 0.600. The van der Waals surface area contributed by atoms with Crippen LogP contribution in [0.5, 0.6) is 0 Å². The molecule has 0 radical (unpaired) electrons. The third-order valence-corrected chi connectivity index (χ3v) is 3.36. The minimum absolute atomic E-state index is 0.152. The van der Waals surface area contributed by atoms with Crippen molar-refractivity contribution in [2.45, 2.75) is 26.8 Å². The number of hydrogen-bond donors (Lipinski definition) is 1. The molecular formula is C15H24ClFN2. The van der Waals surface area contributed by atoms with Crippen LogP contribution in [0.3, 0.4) is 0 Å².